The molecule has 0 amide bonds. The average Bonchev–Trinajstić information content (AvgIpc) is 2.86. The fraction of sp³-hybridized carbons (Fsp3) is 0.786. The summed E-state index contributed by atoms with van der Waals surface area (Å²) in [6.45, 7) is 6.26. The Kier molecular flexibility index (Phi) is 4.78. The van der Waals surface area contributed by atoms with Crippen molar-refractivity contribution in [2.24, 2.45) is 5.92 Å². The lowest BCUT2D eigenvalue weighted by Crippen LogP contribution is -2.42. The van der Waals surface area contributed by atoms with Crippen LogP contribution in [0, 0.1) is 5.92 Å². The maximum absolute atomic E-state index is 10.5. The van der Waals surface area contributed by atoms with E-state index >= 15 is 0 Å². The van der Waals surface area contributed by atoms with Gasteiger partial charge in [-0.1, -0.05) is 20.3 Å². The van der Waals surface area contributed by atoms with Crippen LogP contribution in [0.4, 0.5) is 0 Å². The van der Waals surface area contributed by atoms with Crippen molar-refractivity contribution in [3.8, 4) is 0 Å². The second-order valence-electron chi connectivity index (χ2n) is 5.28. The first-order chi connectivity index (χ1) is 8.76. The Morgan fingerprint density at radius 1 is 1.56 bits per heavy atom. The molecule has 4 nitrogen and oxygen atoms in total. The molecular weight excluding hydrogens is 226 g/mol. The molecule has 3 unspecified atom stereocenters. The Labute approximate surface area is 109 Å². The number of hydrogen-bond donors (Lipinski definition) is 2. The molecule has 1 aliphatic rings. The summed E-state index contributed by atoms with van der Waals surface area (Å²) in [4.78, 5) is 0. The van der Waals surface area contributed by atoms with Crippen LogP contribution in [0.3, 0.4) is 0 Å². The summed E-state index contributed by atoms with van der Waals surface area (Å²) in [6, 6.07) is 2.12. The molecule has 3 atom stereocenters. The predicted octanol–water partition coefficient (Wildman–Crippen LogP) is 2.10. The highest BCUT2D eigenvalue weighted by atomic mass is 16.3. The fourth-order valence-corrected chi connectivity index (χ4v) is 2.84. The monoisotopic (exact) mass is 251 g/mol. The highest BCUT2D eigenvalue weighted by molar-refractivity contribution is 5.08. The van der Waals surface area contributed by atoms with Gasteiger partial charge in [-0.15, -0.1) is 0 Å². The van der Waals surface area contributed by atoms with Crippen molar-refractivity contribution < 1.29 is 5.11 Å². The number of aliphatic hydroxyl groups is 1. The molecule has 1 fully saturated rings. The highest BCUT2D eigenvalue weighted by Gasteiger charge is 2.28. The minimum absolute atomic E-state index is 0.177. The molecule has 2 rings (SSSR count). The number of hydrogen-bond acceptors (Lipinski definition) is 3. The summed E-state index contributed by atoms with van der Waals surface area (Å²) < 4.78 is 1.93. The Hall–Kier alpha value is -0.870. The summed E-state index contributed by atoms with van der Waals surface area (Å²) in [5, 5.41) is 18.3. The van der Waals surface area contributed by atoms with Gasteiger partial charge in [-0.05, 0) is 37.8 Å². The van der Waals surface area contributed by atoms with Crippen molar-refractivity contribution in [1.82, 2.24) is 15.1 Å². The highest BCUT2D eigenvalue weighted by Crippen LogP contribution is 2.27. The van der Waals surface area contributed by atoms with E-state index in [9.17, 15) is 5.11 Å². The number of nitrogens with zero attached hydrogens (tertiary/aromatic N) is 2. The number of rotatable bonds is 5. The lowest BCUT2D eigenvalue weighted by atomic mass is 9.87. The molecule has 1 saturated heterocycles. The van der Waals surface area contributed by atoms with E-state index in [2.05, 4.69) is 24.3 Å². The van der Waals surface area contributed by atoms with Crippen molar-refractivity contribution in [2.45, 2.75) is 58.2 Å². The van der Waals surface area contributed by atoms with Gasteiger partial charge in [0, 0.05) is 18.8 Å². The number of aliphatic hydroxyl groups excluding tert-OH is 1. The lowest BCUT2D eigenvalue weighted by Gasteiger charge is -2.33. The van der Waals surface area contributed by atoms with Crippen LogP contribution in [0.2, 0.25) is 0 Å². The van der Waals surface area contributed by atoms with Gasteiger partial charge in [0.1, 0.15) is 6.10 Å². The Morgan fingerprint density at radius 2 is 2.39 bits per heavy atom. The van der Waals surface area contributed by atoms with Gasteiger partial charge >= 0.3 is 0 Å². The molecule has 0 aromatic carbocycles. The molecule has 0 aliphatic carbocycles. The van der Waals surface area contributed by atoms with Crippen LogP contribution in [0.15, 0.2) is 12.3 Å². The number of aryl methyl sites for hydroxylation is 1. The van der Waals surface area contributed by atoms with Crippen LogP contribution in [0.1, 0.15) is 51.3 Å². The van der Waals surface area contributed by atoms with Gasteiger partial charge in [0.2, 0.25) is 0 Å². The zero-order chi connectivity index (χ0) is 13.0. The fourth-order valence-electron chi connectivity index (χ4n) is 2.84. The van der Waals surface area contributed by atoms with Gasteiger partial charge in [0.15, 0.2) is 0 Å². The van der Waals surface area contributed by atoms with Crippen LogP contribution in [0.5, 0.6) is 0 Å². The van der Waals surface area contributed by atoms with E-state index < -0.39 is 6.10 Å². The van der Waals surface area contributed by atoms with Crippen molar-refractivity contribution in [3.05, 3.63) is 18.0 Å². The zero-order valence-electron chi connectivity index (χ0n) is 11.5. The third-order valence-corrected chi connectivity index (χ3v) is 3.99. The molecule has 1 aromatic rings. The van der Waals surface area contributed by atoms with E-state index in [1.165, 1.54) is 12.8 Å². The second-order valence-corrected chi connectivity index (χ2v) is 5.28. The summed E-state index contributed by atoms with van der Waals surface area (Å²) in [5.74, 6) is 0.744. The van der Waals surface area contributed by atoms with E-state index in [4.69, 9.17) is 0 Å². The molecule has 0 bridgehead atoms. The maximum atomic E-state index is 10.5. The quantitative estimate of drug-likeness (QED) is 0.842. The van der Waals surface area contributed by atoms with E-state index in [-0.39, 0.29) is 6.04 Å². The van der Waals surface area contributed by atoms with Crippen LogP contribution in [-0.2, 0) is 6.54 Å². The number of aromatic nitrogens is 2. The molecule has 4 heteroatoms. The summed E-state index contributed by atoms with van der Waals surface area (Å²) >= 11 is 0. The normalized spacial score (nSPS) is 26.2. The Bertz CT molecular complexity index is 364. The summed E-state index contributed by atoms with van der Waals surface area (Å²) in [5.41, 5.74) is 0.950. The molecule has 1 aromatic heterocycles. The first-order valence-electron chi connectivity index (χ1n) is 7.19. The topological polar surface area (TPSA) is 50.1 Å². The van der Waals surface area contributed by atoms with Gasteiger partial charge in [-0.3, -0.25) is 4.68 Å². The van der Waals surface area contributed by atoms with Gasteiger partial charge in [0.25, 0.3) is 0 Å². The number of nitrogens with one attached hydrogen (secondary N) is 1. The lowest BCUT2D eigenvalue weighted by molar-refractivity contribution is 0.0900. The molecular formula is C14H25N3O. The third-order valence-electron chi connectivity index (χ3n) is 3.99. The van der Waals surface area contributed by atoms with Crippen molar-refractivity contribution >= 4 is 0 Å². The van der Waals surface area contributed by atoms with E-state index in [0.29, 0.717) is 0 Å². The molecule has 0 radical (unpaired) electrons. The van der Waals surface area contributed by atoms with E-state index in [1.54, 1.807) is 6.20 Å². The standard InChI is InChI=1S/C14H25N3O/c1-3-9-17-13(6-8-16-17)14(18)12-10-11(4-2)5-7-15-12/h6,8,11-12,14-15,18H,3-5,7,9-10H2,1-2H3. The van der Waals surface area contributed by atoms with Gasteiger partial charge in [-0.25, -0.2) is 0 Å². The van der Waals surface area contributed by atoms with Crippen LogP contribution in [0.25, 0.3) is 0 Å². The first kappa shape index (κ1) is 13.6. The van der Waals surface area contributed by atoms with E-state index in [1.807, 2.05) is 10.7 Å². The molecule has 0 saturated carbocycles. The molecule has 2 N–H and O–H groups in total. The van der Waals surface area contributed by atoms with Crippen molar-refractivity contribution in [3.63, 3.8) is 0 Å². The Balaban J connectivity index is 2.05. The second kappa shape index (κ2) is 6.34. The number of piperidine rings is 1. The van der Waals surface area contributed by atoms with Crippen molar-refractivity contribution in [1.29, 1.82) is 0 Å². The van der Waals surface area contributed by atoms with Gasteiger partial charge < -0.3 is 10.4 Å². The molecule has 2 heterocycles. The first-order valence-corrected chi connectivity index (χ1v) is 7.19. The zero-order valence-corrected chi connectivity index (χ0v) is 11.5. The van der Waals surface area contributed by atoms with E-state index in [0.717, 1.165) is 37.5 Å². The van der Waals surface area contributed by atoms with Gasteiger partial charge in [0.05, 0.1) is 5.69 Å². The molecule has 1 aliphatic heterocycles. The Morgan fingerprint density at radius 3 is 3.11 bits per heavy atom. The summed E-state index contributed by atoms with van der Waals surface area (Å²) in [6.07, 6.45) is 5.89. The van der Waals surface area contributed by atoms with Crippen LogP contribution in [-0.4, -0.2) is 27.5 Å². The SMILES string of the molecule is CCCn1nccc1C(O)C1CC(CC)CCN1. The van der Waals surface area contributed by atoms with Gasteiger partial charge in [-0.2, -0.15) is 5.10 Å². The maximum Gasteiger partial charge on any atom is 0.111 e. The molecule has 102 valence electrons. The van der Waals surface area contributed by atoms with Crippen LogP contribution >= 0.6 is 0 Å². The summed E-state index contributed by atoms with van der Waals surface area (Å²) in [7, 11) is 0. The smallest absolute Gasteiger partial charge is 0.111 e. The largest absolute Gasteiger partial charge is 0.385 e. The minimum Gasteiger partial charge on any atom is -0.385 e. The predicted molar refractivity (Wildman–Crippen MR) is 72.3 cm³/mol. The molecule has 0 spiro atoms. The van der Waals surface area contributed by atoms with Crippen LogP contribution < -0.4 is 5.32 Å². The minimum atomic E-state index is -0.437. The van der Waals surface area contributed by atoms with Crippen molar-refractivity contribution in [2.75, 3.05) is 6.54 Å². The third kappa shape index (κ3) is 2.93. The average molecular weight is 251 g/mol. The molecule has 18 heavy (non-hydrogen) atoms.